The third-order valence-corrected chi connectivity index (χ3v) is 7.26. The fraction of sp³-hybridized carbons (Fsp3) is 0.440. The standard InChI is InChI=1S/C25H32N2O5S/c1-5-32-22-13-17(11-12-21(22)31-2)20(15-33(3,4)30)27-14-18-7-6-8-19(23(18)25(27)29)26-24(28)16-9-10-16/h6-8,11-13,16,20,33H,5,9-10,14-15H2,1-4H3,(H,26,28)/t20-/m1/s1. The largest absolute Gasteiger partial charge is 0.493 e. The number of amides is 2. The molecule has 1 fully saturated rings. The number of ether oxygens (including phenoxy) is 2. The van der Waals surface area contributed by atoms with Crippen LogP contribution in [0.2, 0.25) is 0 Å². The van der Waals surface area contributed by atoms with Gasteiger partial charge in [-0.3, -0.25) is 13.8 Å². The second-order valence-corrected chi connectivity index (χ2v) is 12.7. The molecule has 0 unspecified atom stereocenters. The lowest BCUT2D eigenvalue weighted by molar-refractivity contribution is -0.117. The van der Waals surface area contributed by atoms with E-state index in [2.05, 4.69) is 5.32 Å². The van der Waals surface area contributed by atoms with Gasteiger partial charge >= 0.3 is 0 Å². The fourth-order valence-corrected chi connectivity index (χ4v) is 5.53. The van der Waals surface area contributed by atoms with Gasteiger partial charge in [-0.15, -0.1) is 9.93 Å². The van der Waals surface area contributed by atoms with Crippen molar-refractivity contribution in [3.8, 4) is 11.5 Å². The zero-order valence-corrected chi connectivity index (χ0v) is 20.5. The number of methoxy groups -OCH3 is 1. The van der Waals surface area contributed by atoms with E-state index < -0.39 is 16.0 Å². The number of hydrogen-bond donors (Lipinski definition) is 2. The number of carbonyl (C=O) groups excluding carboxylic acids is 2. The zero-order chi connectivity index (χ0) is 23.8. The van der Waals surface area contributed by atoms with Crippen LogP contribution in [0.15, 0.2) is 36.4 Å². The van der Waals surface area contributed by atoms with Crippen molar-refractivity contribution in [1.29, 1.82) is 0 Å². The first-order valence-corrected chi connectivity index (χ1v) is 14.1. The summed E-state index contributed by atoms with van der Waals surface area (Å²) in [5.74, 6) is 1.39. The first-order chi connectivity index (χ1) is 15.7. The third-order valence-electron chi connectivity index (χ3n) is 6.03. The molecule has 1 saturated carbocycles. The average molecular weight is 473 g/mol. The molecule has 4 rings (SSSR count). The van der Waals surface area contributed by atoms with Gasteiger partial charge in [0.15, 0.2) is 11.5 Å². The van der Waals surface area contributed by atoms with Gasteiger partial charge in [0.1, 0.15) is 0 Å². The Balaban J connectivity index is 1.70. The minimum absolute atomic E-state index is 0.0330. The van der Waals surface area contributed by atoms with Gasteiger partial charge in [0.2, 0.25) is 5.91 Å². The van der Waals surface area contributed by atoms with Crippen LogP contribution < -0.4 is 14.8 Å². The Morgan fingerprint density at radius 2 is 1.97 bits per heavy atom. The maximum Gasteiger partial charge on any atom is 0.257 e. The first kappa shape index (κ1) is 23.3. The maximum atomic E-state index is 13.6. The Kier molecular flexibility index (Phi) is 6.47. The van der Waals surface area contributed by atoms with Crippen LogP contribution in [0.1, 0.15) is 47.3 Å². The Labute approximate surface area is 195 Å². The lowest BCUT2D eigenvalue weighted by Crippen LogP contribution is -2.35. The Hall–Kier alpha value is -2.87. The molecule has 2 amide bonds. The lowest BCUT2D eigenvalue weighted by Gasteiger charge is -2.31. The molecule has 1 heterocycles. The number of benzene rings is 2. The minimum Gasteiger partial charge on any atom is -0.493 e. The van der Waals surface area contributed by atoms with E-state index in [-0.39, 0.29) is 17.7 Å². The molecule has 1 N–H and O–H groups in total. The fourth-order valence-electron chi connectivity index (χ4n) is 4.29. The number of thiol groups is 1. The molecule has 2 aromatic carbocycles. The van der Waals surface area contributed by atoms with Crippen LogP contribution in [-0.4, -0.2) is 52.9 Å². The van der Waals surface area contributed by atoms with E-state index in [1.807, 2.05) is 37.3 Å². The third kappa shape index (κ3) is 5.05. The van der Waals surface area contributed by atoms with Crippen LogP contribution in [0.5, 0.6) is 11.5 Å². The van der Waals surface area contributed by atoms with Gasteiger partial charge in [-0.25, -0.2) is 0 Å². The number of carbonyl (C=O) groups is 2. The van der Waals surface area contributed by atoms with Crippen LogP contribution in [0.3, 0.4) is 0 Å². The number of hydrogen-bond acceptors (Lipinski definition) is 5. The van der Waals surface area contributed by atoms with Crippen molar-refractivity contribution >= 4 is 27.4 Å². The van der Waals surface area contributed by atoms with Crippen molar-refractivity contribution in [2.75, 3.05) is 37.3 Å². The lowest BCUT2D eigenvalue weighted by atomic mass is 10.1. The first-order valence-electron chi connectivity index (χ1n) is 11.3. The quantitative estimate of drug-likeness (QED) is 0.547. The van der Waals surface area contributed by atoms with E-state index in [0.717, 1.165) is 24.0 Å². The van der Waals surface area contributed by atoms with Gasteiger partial charge in [0, 0.05) is 18.2 Å². The van der Waals surface area contributed by atoms with E-state index in [9.17, 15) is 13.8 Å². The summed E-state index contributed by atoms with van der Waals surface area (Å²) < 4.78 is 24.1. The van der Waals surface area contributed by atoms with Crippen molar-refractivity contribution in [3.05, 3.63) is 53.1 Å². The molecule has 0 bridgehead atoms. The van der Waals surface area contributed by atoms with Crippen LogP contribution in [0.4, 0.5) is 5.69 Å². The second-order valence-electron chi connectivity index (χ2n) is 9.15. The molecule has 2 aromatic rings. The highest BCUT2D eigenvalue weighted by Gasteiger charge is 2.38. The summed E-state index contributed by atoms with van der Waals surface area (Å²) in [4.78, 5) is 27.8. The van der Waals surface area contributed by atoms with Crippen molar-refractivity contribution in [2.24, 2.45) is 5.92 Å². The van der Waals surface area contributed by atoms with Gasteiger partial charge in [-0.1, -0.05) is 18.2 Å². The normalized spacial score (nSPS) is 16.8. The summed E-state index contributed by atoms with van der Waals surface area (Å²) in [5.41, 5.74) is 2.78. The average Bonchev–Trinajstić information content (AvgIpc) is 3.56. The predicted octanol–water partition coefficient (Wildman–Crippen LogP) is 3.42. The second kappa shape index (κ2) is 9.17. The molecule has 0 saturated heterocycles. The van der Waals surface area contributed by atoms with E-state index in [1.54, 1.807) is 30.6 Å². The van der Waals surface area contributed by atoms with Crippen LogP contribution in [0.25, 0.3) is 0 Å². The zero-order valence-electron chi connectivity index (χ0n) is 19.6. The molecule has 0 aromatic heterocycles. The van der Waals surface area contributed by atoms with Gasteiger partial charge in [0.05, 0.1) is 31.0 Å². The molecule has 178 valence electrons. The van der Waals surface area contributed by atoms with Crippen LogP contribution in [0, 0.1) is 5.92 Å². The predicted molar refractivity (Wildman–Crippen MR) is 131 cm³/mol. The summed E-state index contributed by atoms with van der Waals surface area (Å²) in [7, 11) is -0.903. The highest BCUT2D eigenvalue weighted by molar-refractivity contribution is 8.01. The summed E-state index contributed by atoms with van der Waals surface area (Å²) in [6.07, 6.45) is 5.26. The number of nitrogens with one attached hydrogen (secondary N) is 1. The highest BCUT2D eigenvalue weighted by Crippen LogP contribution is 2.39. The van der Waals surface area contributed by atoms with Crippen molar-refractivity contribution in [1.82, 2.24) is 4.90 Å². The molecule has 1 aliphatic heterocycles. The summed E-state index contributed by atoms with van der Waals surface area (Å²) in [6, 6.07) is 10.7. The topological polar surface area (TPSA) is 84.9 Å². The molecular weight excluding hydrogens is 440 g/mol. The Morgan fingerprint density at radius 1 is 1.21 bits per heavy atom. The Bertz CT molecular complexity index is 1120. The monoisotopic (exact) mass is 472 g/mol. The summed E-state index contributed by atoms with van der Waals surface area (Å²) in [6.45, 7) is 2.76. The molecule has 0 radical (unpaired) electrons. The van der Waals surface area contributed by atoms with E-state index in [0.29, 0.717) is 41.7 Å². The Morgan fingerprint density at radius 3 is 2.61 bits per heavy atom. The number of fused-ring (bicyclic) bond motifs is 1. The van der Waals surface area contributed by atoms with E-state index in [4.69, 9.17) is 9.47 Å². The van der Waals surface area contributed by atoms with Gasteiger partial charge in [-0.05, 0) is 61.6 Å². The van der Waals surface area contributed by atoms with Crippen LogP contribution in [-0.2, 0) is 21.3 Å². The van der Waals surface area contributed by atoms with Gasteiger partial charge in [0.25, 0.3) is 5.91 Å². The van der Waals surface area contributed by atoms with Gasteiger partial charge in [-0.2, -0.15) is 0 Å². The number of anilines is 1. The van der Waals surface area contributed by atoms with Gasteiger partial charge < -0.3 is 19.7 Å². The molecule has 0 spiro atoms. The van der Waals surface area contributed by atoms with Crippen molar-refractivity contribution in [3.63, 3.8) is 0 Å². The molecule has 7 nitrogen and oxygen atoms in total. The molecule has 1 aliphatic carbocycles. The summed E-state index contributed by atoms with van der Waals surface area (Å²) in [5, 5.41) is 2.95. The van der Waals surface area contributed by atoms with Crippen LogP contribution >= 0.6 is 0 Å². The molecule has 1 atom stereocenters. The number of rotatable bonds is 9. The van der Waals surface area contributed by atoms with Crippen molar-refractivity contribution in [2.45, 2.75) is 32.4 Å². The molecule has 33 heavy (non-hydrogen) atoms. The number of nitrogens with zero attached hydrogens (tertiary/aromatic N) is 1. The summed E-state index contributed by atoms with van der Waals surface area (Å²) >= 11 is 0. The van der Waals surface area contributed by atoms with E-state index >= 15 is 0 Å². The molecule has 8 heteroatoms. The molecular formula is C25H32N2O5S. The maximum absolute atomic E-state index is 13.6. The minimum atomic E-state index is -2.49. The van der Waals surface area contributed by atoms with E-state index in [1.165, 1.54) is 0 Å². The SMILES string of the molecule is CCOc1cc([C@@H](C[SH](C)(C)=O)N2Cc3cccc(NC(=O)C4CC4)c3C2=O)ccc1OC. The smallest absolute Gasteiger partial charge is 0.257 e. The highest BCUT2D eigenvalue weighted by atomic mass is 32.2. The van der Waals surface area contributed by atoms with Crippen molar-refractivity contribution < 1.29 is 23.3 Å². The molecule has 2 aliphatic rings.